The lowest BCUT2D eigenvalue weighted by atomic mass is 9.66. The van der Waals surface area contributed by atoms with Gasteiger partial charge in [0, 0.05) is 13.5 Å². The molecule has 1 N–H and O–H groups in total. The highest BCUT2D eigenvalue weighted by Gasteiger charge is 2.51. The maximum absolute atomic E-state index is 10.8. The summed E-state index contributed by atoms with van der Waals surface area (Å²) in [4.78, 5) is 10.8. The average Bonchev–Trinajstić information content (AvgIpc) is 2.37. The molecule has 3 nitrogen and oxygen atoms in total. The van der Waals surface area contributed by atoms with Crippen molar-refractivity contribution in [3.8, 4) is 0 Å². The van der Waals surface area contributed by atoms with Gasteiger partial charge < -0.3 is 9.84 Å². The minimum Gasteiger partial charge on any atom is -0.466 e. The Morgan fingerprint density at radius 3 is 2.47 bits per heavy atom. The monoisotopic (exact) mass is 214 g/mol. The van der Waals surface area contributed by atoms with Gasteiger partial charge in [-0.1, -0.05) is 20.8 Å². The lowest BCUT2D eigenvalue weighted by Gasteiger charge is -2.40. The van der Waals surface area contributed by atoms with Crippen molar-refractivity contribution in [1.29, 1.82) is 0 Å². The van der Waals surface area contributed by atoms with Crippen molar-refractivity contribution in [2.45, 2.75) is 40.5 Å². The molecule has 0 bridgehead atoms. The molecule has 0 saturated heterocycles. The number of carbonyl (C=O) groups excluding carboxylic acids is 1. The van der Waals surface area contributed by atoms with E-state index in [0.29, 0.717) is 12.5 Å². The van der Waals surface area contributed by atoms with E-state index >= 15 is 0 Å². The van der Waals surface area contributed by atoms with E-state index in [2.05, 4.69) is 20.8 Å². The molecule has 0 aliphatic heterocycles. The molecule has 3 heteroatoms. The number of hydrogen-bond donors (Lipinski definition) is 1. The average molecular weight is 214 g/mol. The maximum atomic E-state index is 10.8. The van der Waals surface area contributed by atoms with E-state index in [1.165, 1.54) is 6.92 Å². The van der Waals surface area contributed by atoms with Crippen LogP contribution in [0.3, 0.4) is 0 Å². The van der Waals surface area contributed by atoms with Crippen molar-refractivity contribution in [3.63, 3.8) is 0 Å². The number of aliphatic hydroxyl groups is 1. The SMILES string of the molecule is CC(=O)OC[C@@H]1CC[C@](C)(CO)C1(C)C. The van der Waals surface area contributed by atoms with Gasteiger partial charge in [0.05, 0.1) is 6.61 Å². The molecular formula is C12H22O3. The summed E-state index contributed by atoms with van der Waals surface area (Å²) in [5.41, 5.74) is -0.0188. The van der Waals surface area contributed by atoms with Crippen LogP contribution in [0, 0.1) is 16.7 Å². The van der Waals surface area contributed by atoms with Crippen LogP contribution in [-0.4, -0.2) is 24.3 Å². The number of esters is 1. The fourth-order valence-corrected chi connectivity index (χ4v) is 2.46. The molecule has 1 saturated carbocycles. The highest BCUT2D eigenvalue weighted by atomic mass is 16.5. The summed E-state index contributed by atoms with van der Waals surface area (Å²) >= 11 is 0. The lowest BCUT2D eigenvalue weighted by molar-refractivity contribution is -0.143. The second kappa shape index (κ2) is 4.12. The van der Waals surface area contributed by atoms with Gasteiger partial charge in [-0.3, -0.25) is 4.79 Å². The normalized spacial score (nSPS) is 34.1. The maximum Gasteiger partial charge on any atom is 0.302 e. The molecule has 0 heterocycles. The third-order valence-corrected chi connectivity index (χ3v) is 4.46. The van der Waals surface area contributed by atoms with Crippen LogP contribution in [0.5, 0.6) is 0 Å². The van der Waals surface area contributed by atoms with Crippen LogP contribution in [0.25, 0.3) is 0 Å². The third kappa shape index (κ3) is 2.17. The number of carbonyl (C=O) groups is 1. The molecule has 0 aromatic rings. The van der Waals surface area contributed by atoms with Crippen LogP contribution in [0.2, 0.25) is 0 Å². The molecule has 2 atom stereocenters. The Morgan fingerprint density at radius 2 is 2.07 bits per heavy atom. The van der Waals surface area contributed by atoms with Crippen molar-refractivity contribution in [1.82, 2.24) is 0 Å². The summed E-state index contributed by atoms with van der Waals surface area (Å²) in [7, 11) is 0. The van der Waals surface area contributed by atoms with Gasteiger partial charge in [-0.25, -0.2) is 0 Å². The van der Waals surface area contributed by atoms with Crippen LogP contribution in [0.4, 0.5) is 0 Å². The highest BCUT2D eigenvalue weighted by Crippen LogP contribution is 2.55. The van der Waals surface area contributed by atoms with E-state index in [9.17, 15) is 9.90 Å². The van der Waals surface area contributed by atoms with Crippen LogP contribution >= 0.6 is 0 Å². The number of rotatable bonds is 3. The Bertz CT molecular complexity index is 247. The Hall–Kier alpha value is -0.570. The predicted octanol–water partition coefficient (Wildman–Crippen LogP) is 1.98. The lowest BCUT2D eigenvalue weighted by Crippen LogP contribution is -2.38. The topological polar surface area (TPSA) is 46.5 Å². The number of aliphatic hydroxyl groups excluding tert-OH is 1. The van der Waals surface area contributed by atoms with E-state index in [1.54, 1.807) is 0 Å². The zero-order chi connectivity index (χ0) is 11.7. The van der Waals surface area contributed by atoms with E-state index < -0.39 is 0 Å². The van der Waals surface area contributed by atoms with Crippen molar-refractivity contribution < 1.29 is 14.6 Å². The Labute approximate surface area is 91.8 Å². The Balaban J connectivity index is 2.67. The second-order valence-electron chi connectivity index (χ2n) is 5.48. The Kier molecular flexibility index (Phi) is 3.44. The smallest absolute Gasteiger partial charge is 0.302 e. The first-order valence-electron chi connectivity index (χ1n) is 5.58. The zero-order valence-electron chi connectivity index (χ0n) is 10.2. The summed E-state index contributed by atoms with van der Waals surface area (Å²) in [5.74, 6) is 0.141. The van der Waals surface area contributed by atoms with Gasteiger partial charge >= 0.3 is 5.97 Å². The third-order valence-electron chi connectivity index (χ3n) is 4.46. The van der Waals surface area contributed by atoms with Gasteiger partial charge in [0.1, 0.15) is 0 Å². The standard InChI is InChI=1S/C12H22O3/c1-9(14)15-7-10-5-6-12(4,8-13)11(10,2)3/h10,13H,5-8H2,1-4H3/t10-,12+/m0/s1. The first-order chi connectivity index (χ1) is 6.83. The molecule has 0 spiro atoms. The van der Waals surface area contributed by atoms with E-state index in [4.69, 9.17) is 4.74 Å². The summed E-state index contributed by atoms with van der Waals surface area (Å²) in [6.45, 7) is 8.55. The fraction of sp³-hybridized carbons (Fsp3) is 0.917. The predicted molar refractivity (Wildman–Crippen MR) is 58.3 cm³/mol. The molecule has 1 rings (SSSR count). The molecule has 0 aromatic carbocycles. The number of hydrogen-bond acceptors (Lipinski definition) is 3. The first kappa shape index (κ1) is 12.5. The van der Waals surface area contributed by atoms with Gasteiger partial charge in [0.25, 0.3) is 0 Å². The molecule has 1 aliphatic rings. The molecule has 0 radical (unpaired) electrons. The van der Waals surface area contributed by atoms with Gasteiger partial charge in [0.15, 0.2) is 0 Å². The van der Waals surface area contributed by atoms with Crippen LogP contribution in [0.15, 0.2) is 0 Å². The van der Waals surface area contributed by atoms with E-state index in [-0.39, 0.29) is 23.4 Å². The molecule has 15 heavy (non-hydrogen) atoms. The molecular weight excluding hydrogens is 192 g/mol. The minimum absolute atomic E-state index is 0.0250. The molecule has 88 valence electrons. The van der Waals surface area contributed by atoms with Crippen LogP contribution in [0.1, 0.15) is 40.5 Å². The summed E-state index contributed by atoms with van der Waals surface area (Å²) in [6.07, 6.45) is 2.03. The van der Waals surface area contributed by atoms with Crippen molar-refractivity contribution >= 4 is 5.97 Å². The quantitative estimate of drug-likeness (QED) is 0.731. The van der Waals surface area contributed by atoms with Gasteiger partial charge in [-0.05, 0) is 29.6 Å². The molecule has 0 unspecified atom stereocenters. The second-order valence-corrected chi connectivity index (χ2v) is 5.48. The van der Waals surface area contributed by atoms with Crippen LogP contribution in [-0.2, 0) is 9.53 Å². The largest absolute Gasteiger partial charge is 0.466 e. The summed E-state index contributed by atoms with van der Waals surface area (Å²) < 4.78 is 5.08. The number of ether oxygens (including phenoxy) is 1. The fourth-order valence-electron chi connectivity index (χ4n) is 2.46. The minimum atomic E-state index is -0.219. The summed E-state index contributed by atoms with van der Waals surface area (Å²) in [6, 6.07) is 0. The van der Waals surface area contributed by atoms with Crippen molar-refractivity contribution in [3.05, 3.63) is 0 Å². The first-order valence-corrected chi connectivity index (χ1v) is 5.58. The molecule has 1 aliphatic carbocycles. The van der Waals surface area contributed by atoms with E-state index in [0.717, 1.165) is 12.8 Å². The van der Waals surface area contributed by atoms with Gasteiger partial charge in [0.2, 0.25) is 0 Å². The van der Waals surface area contributed by atoms with Gasteiger partial charge in [-0.15, -0.1) is 0 Å². The molecule has 0 amide bonds. The van der Waals surface area contributed by atoms with Crippen molar-refractivity contribution in [2.75, 3.05) is 13.2 Å². The Morgan fingerprint density at radius 1 is 1.47 bits per heavy atom. The van der Waals surface area contributed by atoms with E-state index in [1.807, 2.05) is 0 Å². The van der Waals surface area contributed by atoms with Crippen LogP contribution < -0.4 is 0 Å². The van der Waals surface area contributed by atoms with Gasteiger partial charge in [-0.2, -0.15) is 0 Å². The summed E-state index contributed by atoms with van der Waals surface area (Å²) in [5, 5.41) is 9.45. The highest BCUT2D eigenvalue weighted by molar-refractivity contribution is 5.65. The molecule has 0 aromatic heterocycles. The van der Waals surface area contributed by atoms with Crippen molar-refractivity contribution in [2.24, 2.45) is 16.7 Å². The molecule has 1 fully saturated rings. The zero-order valence-corrected chi connectivity index (χ0v) is 10.2.